The molecule has 34 heavy (non-hydrogen) atoms. The third-order valence-corrected chi connectivity index (χ3v) is 5.77. The fraction of sp³-hybridized carbons (Fsp3) is 0.273. The Kier molecular flexibility index (Phi) is 6.01. The number of carbonyl (C=O) groups excluding carboxylic acids is 1. The van der Waals surface area contributed by atoms with Crippen molar-refractivity contribution in [2.75, 3.05) is 10.6 Å². The number of hydrogen-bond acceptors (Lipinski definition) is 3. The van der Waals surface area contributed by atoms with Gasteiger partial charge in [0.2, 0.25) is 0 Å². The van der Waals surface area contributed by atoms with Crippen molar-refractivity contribution in [3.8, 4) is 0 Å². The minimum absolute atomic E-state index is 0.0422. The van der Waals surface area contributed by atoms with E-state index in [0.717, 1.165) is 23.8 Å². The van der Waals surface area contributed by atoms with Gasteiger partial charge in [-0.3, -0.25) is 4.79 Å². The first-order valence-electron chi connectivity index (χ1n) is 10.0. The molecule has 3 aromatic rings. The van der Waals surface area contributed by atoms with Gasteiger partial charge < -0.3 is 10.6 Å². The molecule has 2 heterocycles. The third kappa shape index (κ3) is 4.84. The van der Waals surface area contributed by atoms with E-state index in [2.05, 4.69) is 15.7 Å². The van der Waals surface area contributed by atoms with E-state index in [-0.39, 0.29) is 22.9 Å². The average molecular weight is 503 g/mol. The van der Waals surface area contributed by atoms with Gasteiger partial charge in [0.25, 0.3) is 5.91 Å². The predicted molar refractivity (Wildman–Crippen MR) is 114 cm³/mol. The van der Waals surface area contributed by atoms with E-state index in [9.17, 15) is 31.1 Å². The molecule has 0 unspecified atom stereocenters. The maximum absolute atomic E-state index is 13.8. The van der Waals surface area contributed by atoms with Gasteiger partial charge in [-0.2, -0.15) is 31.4 Å². The number of nitrogens with zero attached hydrogens (tertiary/aromatic N) is 2. The lowest BCUT2D eigenvalue weighted by Crippen LogP contribution is -2.35. The molecule has 0 spiro atoms. The van der Waals surface area contributed by atoms with E-state index in [0.29, 0.717) is 16.3 Å². The van der Waals surface area contributed by atoms with Gasteiger partial charge in [0, 0.05) is 12.5 Å². The summed E-state index contributed by atoms with van der Waals surface area (Å²) in [5.41, 5.74) is -0.214. The molecular formula is C22H17ClF6N4O. The SMILES string of the molecule is Cc1ccc([C@@H]2C[C@H](C(F)(F)F)n3nc(C(=O)Nc4cc(C(F)(F)F)ccc4Cl)cc3N2)cc1. The van der Waals surface area contributed by atoms with Crippen LogP contribution in [-0.2, 0) is 6.18 Å². The first-order chi connectivity index (χ1) is 15.8. The lowest BCUT2D eigenvalue weighted by molar-refractivity contribution is -0.173. The van der Waals surface area contributed by atoms with Gasteiger partial charge in [0.05, 0.1) is 22.3 Å². The number of anilines is 2. The van der Waals surface area contributed by atoms with Crippen LogP contribution in [0.1, 0.15) is 45.7 Å². The van der Waals surface area contributed by atoms with Crippen molar-refractivity contribution in [1.29, 1.82) is 0 Å². The minimum atomic E-state index is -4.67. The van der Waals surface area contributed by atoms with Crippen molar-refractivity contribution in [3.63, 3.8) is 0 Å². The number of fused-ring (bicyclic) bond motifs is 1. The standard InChI is InChI=1S/C22H17ClF6N4O/c1-11-2-4-12(5-3-11)15-9-18(22(27,28)29)33-19(30-15)10-17(32-33)20(34)31-16-8-13(21(24,25)26)6-7-14(16)23/h2-8,10,15,18,30H,9H2,1H3,(H,31,34)/t15-,18+/m0/s1. The Hall–Kier alpha value is -3.21. The quantitative estimate of drug-likeness (QED) is 0.388. The van der Waals surface area contributed by atoms with Crippen LogP contribution in [0.3, 0.4) is 0 Å². The van der Waals surface area contributed by atoms with Gasteiger partial charge in [-0.25, -0.2) is 4.68 Å². The molecule has 0 bridgehead atoms. The molecule has 0 fully saturated rings. The number of amides is 1. The van der Waals surface area contributed by atoms with Crippen molar-refractivity contribution in [3.05, 3.63) is 75.9 Å². The highest BCUT2D eigenvalue weighted by atomic mass is 35.5. The summed E-state index contributed by atoms with van der Waals surface area (Å²) in [4.78, 5) is 12.7. The van der Waals surface area contributed by atoms with Crippen molar-refractivity contribution in [1.82, 2.24) is 9.78 Å². The zero-order chi connectivity index (χ0) is 24.8. The van der Waals surface area contributed by atoms with E-state index in [1.165, 1.54) is 0 Å². The summed E-state index contributed by atoms with van der Waals surface area (Å²) >= 11 is 5.89. The number of carbonyl (C=O) groups is 1. The Morgan fingerprint density at radius 3 is 2.38 bits per heavy atom. The van der Waals surface area contributed by atoms with Crippen molar-refractivity contribution >= 4 is 29.0 Å². The molecule has 12 heteroatoms. The molecule has 2 atom stereocenters. The number of benzene rings is 2. The number of alkyl halides is 6. The normalized spacial score (nSPS) is 18.2. The maximum Gasteiger partial charge on any atom is 0.416 e. The van der Waals surface area contributed by atoms with Crippen molar-refractivity contribution in [2.45, 2.75) is 37.8 Å². The van der Waals surface area contributed by atoms with Crippen LogP contribution in [0.2, 0.25) is 5.02 Å². The fourth-order valence-electron chi connectivity index (χ4n) is 3.69. The van der Waals surface area contributed by atoms with E-state index in [1.54, 1.807) is 24.3 Å². The molecule has 180 valence electrons. The third-order valence-electron chi connectivity index (χ3n) is 5.44. The Bertz CT molecular complexity index is 1220. The van der Waals surface area contributed by atoms with E-state index < -0.39 is 41.6 Å². The Labute approximate surface area is 194 Å². The minimum Gasteiger partial charge on any atom is -0.363 e. The number of halogens is 7. The summed E-state index contributed by atoms with van der Waals surface area (Å²) in [6, 6.07) is 7.77. The van der Waals surface area contributed by atoms with Crippen LogP contribution in [-0.4, -0.2) is 21.9 Å². The number of nitrogens with one attached hydrogen (secondary N) is 2. The summed E-state index contributed by atoms with van der Waals surface area (Å²) < 4.78 is 81.1. The van der Waals surface area contributed by atoms with Gasteiger partial charge in [-0.15, -0.1) is 0 Å². The summed E-state index contributed by atoms with van der Waals surface area (Å²) in [6.45, 7) is 1.85. The summed E-state index contributed by atoms with van der Waals surface area (Å²) in [7, 11) is 0. The van der Waals surface area contributed by atoms with Crippen LogP contribution in [0, 0.1) is 6.92 Å². The van der Waals surface area contributed by atoms with Crippen LogP contribution in [0.5, 0.6) is 0 Å². The highest BCUT2D eigenvalue weighted by Crippen LogP contribution is 2.43. The second kappa shape index (κ2) is 8.53. The molecular weight excluding hydrogens is 486 g/mol. The topological polar surface area (TPSA) is 59.0 Å². The van der Waals surface area contributed by atoms with Gasteiger partial charge >= 0.3 is 12.4 Å². The highest BCUT2D eigenvalue weighted by molar-refractivity contribution is 6.33. The van der Waals surface area contributed by atoms with Gasteiger partial charge in [0.15, 0.2) is 11.7 Å². The second-order valence-corrected chi connectivity index (χ2v) is 8.31. The smallest absolute Gasteiger partial charge is 0.363 e. The van der Waals surface area contributed by atoms with Crippen LogP contribution >= 0.6 is 11.6 Å². The summed E-state index contributed by atoms with van der Waals surface area (Å²) in [5, 5.41) is 8.78. The van der Waals surface area contributed by atoms with Crippen LogP contribution in [0.25, 0.3) is 0 Å². The largest absolute Gasteiger partial charge is 0.416 e. The predicted octanol–water partition coefficient (Wildman–Crippen LogP) is 6.78. The summed E-state index contributed by atoms with van der Waals surface area (Å²) in [6.07, 6.45) is -9.68. The van der Waals surface area contributed by atoms with Gasteiger partial charge in [0.1, 0.15) is 5.82 Å². The molecule has 1 aliphatic rings. The number of aromatic nitrogens is 2. The van der Waals surface area contributed by atoms with Crippen LogP contribution in [0.4, 0.5) is 37.8 Å². The molecule has 0 radical (unpaired) electrons. The van der Waals surface area contributed by atoms with Gasteiger partial charge in [-0.05, 0) is 30.7 Å². The molecule has 0 saturated carbocycles. The average Bonchev–Trinajstić information content (AvgIpc) is 3.18. The zero-order valence-electron chi connectivity index (χ0n) is 17.4. The second-order valence-electron chi connectivity index (χ2n) is 7.91. The molecule has 1 aliphatic heterocycles. The van der Waals surface area contributed by atoms with Gasteiger partial charge in [-0.1, -0.05) is 41.4 Å². The molecule has 5 nitrogen and oxygen atoms in total. The Balaban J connectivity index is 1.64. The molecule has 4 rings (SSSR count). The molecule has 2 N–H and O–H groups in total. The molecule has 0 aliphatic carbocycles. The van der Waals surface area contributed by atoms with E-state index in [1.807, 2.05) is 6.92 Å². The Morgan fingerprint density at radius 2 is 1.76 bits per heavy atom. The molecule has 0 saturated heterocycles. The molecule has 1 aromatic heterocycles. The van der Waals surface area contributed by atoms with Crippen molar-refractivity contribution in [2.24, 2.45) is 0 Å². The first-order valence-corrected chi connectivity index (χ1v) is 10.4. The first kappa shape index (κ1) is 23.9. The fourth-order valence-corrected chi connectivity index (χ4v) is 3.85. The highest BCUT2D eigenvalue weighted by Gasteiger charge is 2.46. The van der Waals surface area contributed by atoms with Crippen molar-refractivity contribution < 1.29 is 31.1 Å². The van der Waals surface area contributed by atoms with E-state index in [4.69, 9.17) is 11.6 Å². The summed E-state index contributed by atoms with van der Waals surface area (Å²) in [5.74, 6) is -1.04. The lowest BCUT2D eigenvalue weighted by atomic mass is 9.96. The van der Waals surface area contributed by atoms with Crippen LogP contribution in [0.15, 0.2) is 48.5 Å². The monoisotopic (exact) mass is 502 g/mol. The Morgan fingerprint density at radius 1 is 1.09 bits per heavy atom. The molecule has 1 amide bonds. The van der Waals surface area contributed by atoms with Crippen LogP contribution < -0.4 is 10.6 Å². The number of hydrogen-bond donors (Lipinski definition) is 2. The van der Waals surface area contributed by atoms with E-state index >= 15 is 0 Å². The lowest BCUT2D eigenvalue weighted by Gasteiger charge is -2.33. The zero-order valence-corrected chi connectivity index (χ0v) is 18.2. The number of aryl methyl sites for hydroxylation is 1. The molecule has 2 aromatic carbocycles. The number of rotatable bonds is 3. The maximum atomic E-state index is 13.8.